The number of aliphatic hydroxyl groups excluding tert-OH is 1. The predicted molar refractivity (Wildman–Crippen MR) is 68.5 cm³/mol. The molecule has 0 radical (unpaired) electrons. The number of rotatable bonds is 6. The standard InChI is InChI=1S/C14H23NO/c1-4-12-7-5-6-8-13(12)14(16)10-15-9-11(2)3/h5-8,11,14-16H,4,9-10H2,1-3H3. The molecule has 0 saturated heterocycles. The van der Waals surface area contributed by atoms with Crippen LogP contribution in [0.3, 0.4) is 0 Å². The molecule has 1 unspecified atom stereocenters. The van der Waals surface area contributed by atoms with Crippen molar-refractivity contribution in [3.05, 3.63) is 35.4 Å². The molecule has 2 nitrogen and oxygen atoms in total. The number of nitrogens with one attached hydrogen (secondary N) is 1. The van der Waals surface area contributed by atoms with Crippen molar-refractivity contribution in [2.45, 2.75) is 33.3 Å². The van der Waals surface area contributed by atoms with Gasteiger partial charge in [-0.25, -0.2) is 0 Å². The highest BCUT2D eigenvalue weighted by Crippen LogP contribution is 2.17. The summed E-state index contributed by atoms with van der Waals surface area (Å²) in [7, 11) is 0. The fourth-order valence-corrected chi connectivity index (χ4v) is 1.80. The summed E-state index contributed by atoms with van der Waals surface area (Å²) in [4.78, 5) is 0. The molecule has 0 aliphatic heterocycles. The molecule has 90 valence electrons. The Morgan fingerprint density at radius 3 is 2.50 bits per heavy atom. The van der Waals surface area contributed by atoms with E-state index in [9.17, 15) is 5.11 Å². The van der Waals surface area contributed by atoms with Crippen molar-refractivity contribution in [1.29, 1.82) is 0 Å². The molecule has 0 aliphatic rings. The normalized spacial score (nSPS) is 13.1. The smallest absolute Gasteiger partial charge is 0.0917 e. The molecule has 0 amide bonds. The van der Waals surface area contributed by atoms with Crippen molar-refractivity contribution in [3.63, 3.8) is 0 Å². The fourth-order valence-electron chi connectivity index (χ4n) is 1.80. The molecule has 1 rings (SSSR count). The van der Waals surface area contributed by atoms with E-state index in [0.29, 0.717) is 12.5 Å². The molecular weight excluding hydrogens is 198 g/mol. The lowest BCUT2D eigenvalue weighted by Crippen LogP contribution is -2.25. The Bertz CT molecular complexity index is 309. The van der Waals surface area contributed by atoms with E-state index in [1.807, 2.05) is 18.2 Å². The minimum Gasteiger partial charge on any atom is -0.387 e. The van der Waals surface area contributed by atoms with Crippen molar-refractivity contribution in [2.24, 2.45) is 5.92 Å². The van der Waals surface area contributed by atoms with Gasteiger partial charge in [0.2, 0.25) is 0 Å². The number of aryl methyl sites for hydroxylation is 1. The van der Waals surface area contributed by atoms with Crippen LogP contribution < -0.4 is 5.32 Å². The first kappa shape index (κ1) is 13.2. The maximum atomic E-state index is 10.1. The Kier molecular flexibility index (Phi) is 5.50. The van der Waals surface area contributed by atoms with Crippen LogP contribution in [-0.4, -0.2) is 18.2 Å². The van der Waals surface area contributed by atoms with Gasteiger partial charge in [-0.1, -0.05) is 45.0 Å². The topological polar surface area (TPSA) is 32.3 Å². The molecule has 0 bridgehead atoms. The molecule has 0 spiro atoms. The average Bonchev–Trinajstić information content (AvgIpc) is 2.28. The summed E-state index contributed by atoms with van der Waals surface area (Å²) in [6, 6.07) is 8.11. The summed E-state index contributed by atoms with van der Waals surface area (Å²) >= 11 is 0. The molecule has 0 fully saturated rings. The second kappa shape index (κ2) is 6.66. The number of aliphatic hydroxyl groups is 1. The van der Waals surface area contributed by atoms with E-state index in [2.05, 4.69) is 32.2 Å². The van der Waals surface area contributed by atoms with Crippen molar-refractivity contribution in [1.82, 2.24) is 5.32 Å². The van der Waals surface area contributed by atoms with Gasteiger partial charge >= 0.3 is 0 Å². The average molecular weight is 221 g/mol. The summed E-state index contributed by atoms with van der Waals surface area (Å²) in [5.41, 5.74) is 2.29. The van der Waals surface area contributed by atoms with E-state index >= 15 is 0 Å². The van der Waals surface area contributed by atoms with Gasteiger partial charge in [0.15, 0.2) is 0 Å². The van der Waals surface area contributed by atoms with Crippen molar-refractivity contribution in [3.8, 4) is 0 Å². The Balaban J connectivity index is 2.55. The summed E-state index contributed by atoms with van der Waals surface area (Å²) in [5, 5.41) is 13.4. The third-order valence-electron chi connectivity index (χ3n) is 2.69. The van der Waals surface area contributed by atoms with E-state index < -0.39 is 6.10 Å². The highest BCUT2D eigenvalue weighted by molar-refractivity contribution is 5.29. The Labute approximate surface area is 98.7 Å². The molecule has 1 atom stereocenters. The number of benzene rings is 1. The molecule has 2 heteroatoms. The minimum atomic E-state index is -0.394. The van der Waals surface area contributed by atoms with Crippen LogP contribution in [0, 0.1) is 5.92 Å². The maximum absolute atomic E-state index is 10.1. The van der Waals surface area contributed by atoms with Gasteiger partial charge in [0, 0.05) is 6.54 Å². The second-order valence-corrected chi connectivity index (χ2v) is 4.62. The highest BCUT2D eigenvalue weighted by atomic mass is 16.3. The van der Waals surface area contributed by atoms with Crippen LogP contribution in [0.4, 0.5) is 0 Å². The molecule has 16 heavy (non-hydrogen) atoms. The van der Waals surface area contributed by atoms with Crippen LogP contribution in [0.2, 0.25) is 0 Å². The van der Waals surface area contributed by atoms with Crippen LogP contribution in [0.25, 0.3) is 0 Å². The lowest BCUT2D eigenvalue weighted by atomic mass is 10.0. The SMILES string of the molecule is CCc1ccccc1C(O)CNCC(C)C. The fraction of sp³-hybridized carbons (Fsp3) is 0.571. The monoisotopic (exact) mass is 221 g/mol. The van der Waals surface area contributed by atoms with E-state index in [4.69, 9.17) is 0 Å². The quantitative estimate of drug-likeness (QED) is 0.773. The lowest BCUT2D eigenvalue weighted by Gasteiger charge is -2.16. The first-order chi connectivity index (χ1) is 7.65. The Morgan fingerprint density at radius 1 is 1.19 bits per heavy atom. The summed E-state index contributed by atoms with van der Waals surface area (Å²) in [5.74, 6) is 0.619. The zero-order valence-corrected chi connectivity index (χ0v) is 10.5. The largest absolute Gasteiger partial charge is 0.387 e. The molecule has 2 N–H and O–H groups in total. The molecule has 0 heterocycles. The van der Waals surface area contributed by atoms with E-state index in [1.165, 1.54) is 5.56 Å². The van der Waals surface area contributed by atoms with Crippen molar-refractivity contribution >= 4 is 0 Å². The summed E-state index contributed by atoms with van der Waals surface area (Å²) in [6.45, 7) is 8.03. The van der Waals surface area contributed by atoms with E-state index in [0.717, 1.165) is 18.5 Å². The van der Waals surface area contributed by atoms with Gasteiger partial charge in [-0.2, -0.15) is 0 Å². The van der Waals surface area contributed by atoms with Gasteiger partial charge in [0.1, 0.15) is 0 Å². The van der Waals surface area contributed by atoms with Crippen molar-refractivity contribution in [2.75, 3.05) is 13.1 Å². The zero-order chi connectivity index (χ0) is 12.0. The third-order valence-corrected chi connectivity index (χ3v) is 2.69. The number of hydrogen-bond donors (Lipinski definition) is 2. The van der Waals surface area contributed by atoms with Crippen LogP contribution in [0.1, 0.15) is 38.0 Å². The molecule has 1 aromatic rings. The second-order valence-electron chi connectivity index (χ2n) is 4.62. The van der Waals surface area contributed by atoms with Gasteiger partial charge in [-0.15, -0.1) is 0 Å². The lowest BCUT2D eigenvalue weighted by molar-refractivity contribution is 0.172. The van der Waals surface area contributed by atoms with Gasteiger partial charge in [-0.3, -0.25) is 0 Å². The third kappa shape index (κ3) is 3.95. The first-order valence-electron chi connectivity index (χ1n) is 6.11. The van der Waals surface area contributed by atoms with Crippen LogP contribution in [0.5, 0.6) is 0 Å². The van der Waals surface area contributed by atoms with Crippen LogP contribution >= 0.6 is 0 Å². The van der Waals surface area contributed by atoms with E-state index in [-0.39, 0.29) is 0 Å². The Morgan fingerprint density at radius 2 is 1.88 bits per heavy atom. The molecule has 0 saturated carbocycles. The van der Waals surface area contributed by atoms with Gasteiger partial charge in [0.05, 0.1) is 6.10 Å². The molecule has 0 aliphatic carbocycles. The first-order valence-corrected chi connectivity index (χ1v) is 6.11. The van der Waals surface area contributed by atoms with Crippen molar-refractivity contribution < 1.29 is 5.11 Å². The van der Waals surface area contributed by atoms with Gasteiger partial charge < -0.3 is 10.4 Å². The van der Waals surface area contributed by atoms with Gasteiger partial charge in [-0.05, 0) is 30.0 Å². The van der Waals surface area contributed by atoms with Crippen LogP contribution in [0.15, 0.2) is 24.3 Å². The molecule has 1 aromatic carbocycles. The number of hydrogen-bond acceptors (Lipinski definition) is 2. The zero-order valence-electron chi connectivity index (χ0n) is 10.5. The van der Waals surface area contributed by atoms with Crippen LogP contribution in [-0.2, 0) is 6.42 Å². The molecule has 0 aromatic heterocycles. The highest BCUT2D eigenvalue weighted by Gasteiger charge is 2.10. The van der Waals surface area contributed by atoms with E-state index in [1.54, 1.807) is 0 Å². The summed E-state index contributed by atoms with van der Waals surface area (Å²) < 4.78 is 0. The maximum Gasteiger partial charge on any atom is 0.0917 e. The molecular formula is C14H23NO. The summed E-state index contributed by atoms with van der Waals surface area (Å²) in [6.07, 6.45) is 0.576. The Hall–Kier alpha value is -0.860. The predicted octanol–water partition coefficient (Wildman–Crippen LogP) is 2.53. The van der Waals surface area contributed by atoms with Gasteiger partial charge in [0.25, 0.3) is 0 Å². The minimum absolute atomic E-state index is 0.394.